The third-order valence-corrected chi connectivity index (χ3v) is 5.34. The van der Waals surface area contributed by atoms with E-state index in [2.05, 4.69) is 5.32 Å². The molecule has 29 heavy (non-hydrogen) atoms. The van der Waals surface area contributed by atoms with Gasteiger partial charge in [0.25, 0.3) is 5.91 Å². The largest absolute Gasteiger partial charge is 0.385 e. The van der Waals surface area contributed by atoms with Crippen molar-refractivity contribution in [3.05, 3.63) is 71.0 Å². The molecule has 0 radical (unpaired) electrons. The predicted molar refractivity (Wildman–Crippen MR) is 109 cm³/mol. The van der Waals surface area contributed by atoms with Gasteiger partial charge in [0.2, 0.25) is 5.91 Å². The van der Waals surface area contributed by atoms with E-state index < -0.39 is 5.92 Å². The number of nitrogens with zero attached hydrogens (tertiary/aromatic N) is 1. The number of halogens is 1. The fraction of sp³-hybridized carbons (Fsp3) is 0.391. The number of benzene rings is 2. The number of likely N-dealkylation sites (tertiary alicyclic amines) is 1. The molecule has 0 spiro atoms. The number of hydrogen-bond donors (Lipinski definition) is 1. The molecule has 3 rings (SSSR count). The van der Waals surface area contributed by atoms with Crippen molar-refractivity contribution in [2.24, 2.45) is 5.92 Å². The summed E-state index contributed by atoms with van der Waals surface area (Å²) in [6, 6.07) is 13.7. The van der Waals surface area contributed by atoms with Gasteiger partial charge in [-0.1, -0.05) is 29.8 Å². The standard InChI is InChI=1S/C23H27FN2O3/c1-16-7-9-17(10-8-16)23(28)26-14-20(18-5-3-6-19(24)13-18)21(15-26)22(27)25-11-4-12-29-2/h3,5-10,13,20-21H,4,11-12,14-15H2,1-2H3,(H,25,27)/t20-,21+/m0/s1. The smallest absolute Gasteiger partial charge is 0.253 e. The van der Waals surface area contributed by atoms with Crippen LogP contribution in [0.3, 0.4) is 0 Å². The van der Waals surface area contributed by atoms with Crippen LogP contribution in [0.25, 0.3) is 0 Å². The molecular formula is C23H27FN2O3. The van der Waals surface area contributed by atoms with Crippen LogP contribution in [-0.4, -0.2) is 50.1 Å². The molecule has 0 aliphatic carbocycles. The summed E-state index contributed by atoms with van der Waals surface area (Å²) in [6.07, 6.45) is 0.714. The lowest BCUT2D eigenvalue weighted by Crippen LogP contribution is -2.36. The van der Waals surface area contributed by atoms with E-state index in [1.54, 1.807) is 30.2 Å². The first-order chi connectivity index (χ1) is 14.0. The molecule has 1 saturated heterocycles. The van der Waals surface area contributed by atoms with Gasteiger partial charge in [0.05, 0.1) is 5.92 Å². The molecule has 1 heterocycles. The number of methoxy groups -OCH3 is 1. The van der Waals surface area contributed by atoms with Crippen LogP contribution in [0.5, 0.6) is 0 Å². The normalized spacial score (nSPS) is 18.7. The first-order valence-corrected chi connectivity index (χ1v) is 9.87. The molecule has 2 aromatic carbocycles. The Morgan fingerprint density at radius 1 is 1.17 bits per heavy atom. The summed E-state index contributed by atoms with van der Waals surface area (Å²) in [6.45, 7) is 3.73. The molecule has 0 aromatic heterocycles. The third kappa shape index (κ3) is 5.21. The lowest BCUT2D eigenvalue weighted by Gasteiger charge is -2.18. The van der Waals surface area contributed by atoms with Gasteiger partial charge in [0, 0.05) is 44.8 Å². The number of rotatable bonds is 7. The van der Waals surface area contributed by atoms with Crippen molar-refractivity contribution in [3.63, 3.8) is 0 Å². The van der Waals surface area contributed by atoms with E-state index >= 15 is 0 Å². The Morgan fingerprint density at radius 3 is 2.62 bits per heavy atom. The first kappa shape index (κ1) is 21.0. The van der Waals surface area contributed by atoms with E-state index in [0.29, 0.717) is 38.2 Å². The Morgan fingerprint density at radius 2 is 1.93 bits per heavy atom. The predicted octanol–water partition coefficient (Wildman–Crippen LogP) is 3.14. The van der Waals surface area contributed by atoms with Gasteiger partial charge in [-0.05, 0) is 43.2 Å². The molecule has 1 aliphatic rings. The number of amides is 2. The van der Waals surface area contributed by atoms with Crippen LogP contribution in [0.1, 0.15) is 33.8 Å². The minimum atomic E-state index is -0.422. The van der Waals surface area contributed by atoms with Gasteiger partial charge in [-0.3, -0.25) is 9.59 Å². The van der Waals surface area contributed by atoms with Crippen molar-refractivity contribution in [2.45, 2.75) is 19.3 Å². The number of carbonyl (C=O) groups excluding carboxylic acids is 2. The van der Waals surface area contributed by atoms with Gasteiger partial charge in [0.15, 0.2) is 0 Å². The molecular weight excluding hydrogens is 371 g/mol. The van der Waals surface area contributed by atoms with Crippen molar-refractivity contribution in [3.8, 4) is 0 Å². The van der Waals surface area contributed by atoms with E-state index in [9.17, 15) is 14.0 Å². The van der Waals surface area contributed by atoms with Crippen LogP contribution in [0.15, 0.2) is 48.5 Å². The van der Waals surface area contributed by atoms with Gasteiger partial charge in [-0.25, -0.2) is 4.39 Å². The maximum absolute atomic E-state index is 13.8. The molecule has 0 saturated carbocycles. The minimum Gasteiger partial charge on any atom is -0.385 e. The fourth-order valence-corrected chi connectivity index (χ4v) is 3.75. The van der Waals surface area contributed by atoms with Crippen LogP contribution in [0.2, 0.25) is 0 Å². The van der Waals surface area contributed by atoms with E-state index in [0.717, 1.165) is 11.1 Å². The Bertz CT molecular complexity index is 853. The Labute approximate surface area is 170 Å². The van der Waals surface area contributed by atoms with Gasteiger partial charge < -0.3 is 15.0 Å². The fourth-order valence-electron chi connectivity index (χ4n) is 3.75. The quantitative estimate of drug-likeness (QED) is 0.729. The summed E-state index contributed by atoms with van der Waals surface area (Å²) in [5.74, 6) is -1.24. The van der Waals surface area contributed by atoms with Crippen molar-refractivity contribution in [1.82, 2.24) is 10.2 Å². The Hall–Kier alpha value is -2.73. The zero-order chi connectivity index (χ0) is 20.8. The van der Waals surface area contributed by atoms with Crippen LogP contribution in [0.4, 0.5) is 4.39 Å². The average Bonchev–Trinajstić information content (AvgIpc) is 3.17. The summed E-state index contributed by atoms with van der Waals surface area (Å²) in [5, 5.41) is 2.93. The van der Waals surface area contributed by atoms with Crippen molar-refractivity contribution in [2.75, 3.05) is 33.4 Å². The van der Waals surface area contributed by atoms with Crippen LogP contribution >= 0.6 is 0 Å². The van der Waals surface area contributed by atoms with Gasteiger partial charge in [0.1, 0.15) is 5.82 Å². The zero-order valence-electron chi connectivity index (χ0n) is 16.9. The number of aryl methyl sites for hydroxylation is 1. The average molecular weight is 398 g/mol. The highest BCUT2D eigenvalue weighted by Crippen LogP contribution is 2.34. The van der Waals surface area contributed by atoms with Crippen LogP contribution < -0.4 is 5.32 Å². The number of ether oxygens (including phenoxy) is 1. The van der Waals surface area contributed by atoms with Crippen LogP contribution in [0, 0.1) is 18.7 Å². The van der Waals surface area contributed by atoms with Gasteiger partial charge >= 0.3 is 0 Å². The monoisotopic (exact) mass is 398 g/mol. The minimum absolute atomic E-state index is 0.110. The molecule has 2 atom stereocenters. The Balaban J connectivity index is 1.78. The number of carbonyl (C=O) groups is 2. The first-order valence-electron chi connectivity index (χ1n) is 9.87. The summed E-state index contributed by atoms with van der Waals surface area (Å²) >= 11 is 0. The second-order valence-electron chi connectivity index (χ2n) is 7.48. The Kier molecular flexibility index (Phi) is 6.99. The summed E-state index contributed by atoms with van der Waals surface area (Å²) in [4.78, 5) is 27.5. The van der Waals surface area contributed by atoms with E-state index in [1.807, 2.05) is 25.1 Å². The molecule has 1 aliphatic heterocycles. The maximum atomic E-state index is 13.8. The van der Waals surface area contributed by atoms with Gasteiger partial charge in [-0.15, -0.1) is 0 Å². The number of hydrogen-bond acceptors (Lipinski definition) is 3. The molecule has 6 heteroatoms. The molecule has 5 nitrogen and oxygen atoms in total. The highest BCUT2D eigenvalue weighted by Gasteiger charge is 2.40. The molecule has 2 amide bonds. The second kappa shape index (κ2) is 9.65. The number of nitrogens with one attached hydrogen (secondary N) is 1. The molecule has 0 bridgehead atoms. The molecule has 1 N–H and O–H groups in total. The van der Waals surface area contributed by atoms with Crippen molar-refractivity contribution < 1.29 is 18.7 Å². The molecule has 1 fully saturated rings. The lowest BCUT2D eigenvalue weighted by atomic mass is 9.88. The summed E-state index contributed by atoms with van der Waals surface area (Å²) in [5.41, 5.74) is 2.41. The lowest BCUT2D eigenvalue weighted by molar-refractivity contribution is -0.124. The van der Waals surface area contributed by atoms with Gasteiger partial charge in [-0.2, -0.15) is 0 Å². The maximum Gasteiger partial charge on any atom is 0.253 e. The van der Waals surface area contributed by atoms with E-state index in [1.165, 1.54) is 12.1 Å². The van der Waals surface area contributed by atoms with Crippen molar-refractivity contribution in [1.29, 1.82) is 0 Å². The third-order valence-electron chi connectivity index (χ3n) is 5.34. The molecule has 2 aromatic rings. The zero-order valence-corrected chi connectivity index (χ0v) is 16.9. The topological polar surface area (TPSA) is 58.6 Å². The highest BCUT2D eigenvalue weighted by atomic mass is 19.1. The second-order valence-corrected chi connectivity index (χ2v) is 7.48. The highest BCUT2D eigenvalue weighted by molar-refractivity contribution is 5.95. The van der Waals surface area contributed by atoms with E-state index in [4.69, 9.17) is 4.74 Å². The molecule has 154 valence electrons. The van der Waals surface area contributed by atoms with Crippen molar-refractivity contribution >= 4 is 11.8 Å². The van der Waals surface area contributed by atoms with E-state index in [-0.39, 0.29) is 23.5 Å². The SMILES string of the molecule is COCCCNC(=O)[C@@H]1CN(C(=O)c2ccc(C)cc2)C[C@H]1c1cccc(F)c1. The van der Waals surface area contributed by atoms with Crippen LogP contribution in [-0.2, 0) is 9.53 Å². The summed E-state index contributed by atoms with van der Waals surface area (Å²) < 4.78 is 18.8. The molecule has 0 unspecified atom stereocenters. The summed E-state index contributed by atoms with van der Waals surface area (Å²) in [7, 11) is 1.62.